The van der Waals surface area contributed by atoms with Gasteiger partial charge in [0.25, 0.3) is 6.43 Å². The van der Waals surface area contributed by atoms with E-state index in [0.29, 0.717) is 10.7 Å². The molecule has 2 rings (SSSR count). The molecule has 24 heavy (non-hydrogen) atoms. The van der Waals surface area contributed by atoms with Gasteiger partial charge in [-0.15, -0.1) is 0 Å². The average molecular weight is 374 g/mol. The normalized spacial score (nSPS) is 11.5. The Hall–Kier alpha value is -2.32. The second-order valence-corrected chi connectivity index (χ2v) is 5.24. The molecule has 0 aliphatic rings. The van der Waals surface area contributed by atoms with Gasteiger partial charge >= 0.3 is 6.01 Å². The Bertz CT molecular complexity index is 740. The van der Waals surface area contributed by atoms with Crippen LogP contribution in [0.2, 0.25) is 10.0 Å². The number of ether oxygens (including phenoxy) is 1. The van der Waals surface area contributed by atoms with Crippen molar-refractivity contribution in [3.8, 4) is 6.01 Å². The Morgan fingerprint density at radius 1 is 1.33 bits per heavy atom. The van der Waals surface area contributed by atoms with Gasteiger partial charge in [-0.3, -0.25) is 0 Å². The van der Waals surface area contributed by atoms with Gasteiger partial charge in [-0.2, -0.15) is 5.11 Å². The number of nitrogens with one attached hydrogen (secondary N) is 2. The van der Waals surface area contributed by atoms with E-state index in [-0.39, 0.29) is 28.9 Å². The molecular weight excluding hydrogens is 363 g/mol. The summed E-state index contributed by atoms with van der Waals surface area (Å²) in [6.07, 6.45) is 1.39. The molecule has 0 spiro atoms. The number of alkyl halides is 2. The first-order chi connectivity index (χ1) is 11.5. The summed E-state index contributed by atoms with van der Waals surface area (Å²) in [5.41, 5.74) is 7.39. The summed E-state index contributed by atoms with van der Waals surface area (Å²) in [5, 5.41) is 6.38. The molecule has 6 nitrogen and oxygen atoms in total. The van der Waals surface area contributed by atoms with Crippen LogP contribution in [0.4, 0.5) is 14.5 Å². The molecule has 0 radical (unpaired) electrons. The SMILES string of the molecule is N=N/C(=C\Nc1ccc(Cl)c(C(F)F)c1)COc1ncc(Cl)cn1. The van der Waals surface area contributed by atoms with Gasteiger partial charge in [0.1, 0.15) is 12.3 Å². The number of halogens is 4. The summed E-state index contributed by atoms with van der Waals surface area (Å²) in [5.74, 6) is 0. The lowest BCUT2D eigenvalue weighted by molar-refractivity contribution is 0.151. The Kier molecular flexibility index (Phi) is 6.39. The molecule has 0 fully saturated rings. The summed E-state index contributed by atoms with van der Waals surface area (Å²) in [6.45, 7) is -0.0899. The third-order valence-corrected chi connectivity index (χ3v) is 3.27. The molecule has 0 aliphatic heterocycles. The topological polar surface area (TPSA) is 83.2 Å². The van der Waals surface area contributed by atoms with Gasteiger partial charge in [0.15, 0.2) is 0 Å². The zero-order chi connectivity index (χ0) is 17.5. The first-order valence-electron chi connectivity index (χ1n) is 6.50. The lowest BCUT2D eigenvalue weighted by Gasteiger charge is -2.08. The zero-order valence-corrected chi connectivity index (χ0v) is 13.5. The van der Waals surface area contributed by atoms with Gasteiger partial charge in [0, 0.05) is 22.5 Å². The molecule has 1 heterocycles. The summed E-state index contributed by atoms with van der Waals surface area (Å²) in [6, 6.07) is 4.17. The molecule has 0 aliphatic carbocycles. The Morgan fingerprint density at radius 2 is 2.04 bits per heavy atom. The van der Waals surface area contributed by atoms with E-state index in [1.165, 1.54) is 36.8 Å². The Labute approximate surface area is 146 Å². The molecule has 0 amide bonds. The fourth-order valence-corrected chi connectivity index (χ4v) is 1.88. The van der Waals surface area contributed by atoms with Gasteiger partial charge in [-0.05, 0) is 18.2 Å². The molecule has 0 saturated carbocycles. The van der Waals surface area contributed by atoms with Gasteiger partial charge in [-0.25, -0.2) is 24.3 Å². The highest BCUT2D eigenvalue weighted by Gasteiger charge is 2.12. The van der Waals surface area contributed by atoms with E-state index in [0.717, 1.165) is 0 Å². The van der Waals surface area contributed by atoms with E-state index in [2.05, 4.69) is 20.4 Å². The molecule has 0 saturated heterocycles. The van der Waals surface area contributed by atoms with Crippen LogP contribution in [-0.4, -0.2) is 16.6 Å². The lowest BCUT2D eigenvalue weighted by atomic mass is 10.2. The van der Waals surface area contributed by atoms with Crippen molar-refractivity contribution in [3.63, 3.8) is 0 Å². The molecule has 0 atom stereocenters. The third kappa shape index (κ3) is 5.10. The maximum absolute atomic E-state index is 12.8. The van der Waals surface area contributed by atoms with Crippen molar-refractivity contribution in [3.05, 3.63) is 58.1 Å². The quantitative estimate of drug-likeness (QED) is 0.662. The van der Waals surface area contributed by atoms with E-state index < -0.39 is 6.43 Å². The van der Waals surface area contributed by atoms with Crippen molar-refractivity contribution in [1.29, 1.82) is 5.53 Å². The first kappa shape index (κ1) is 18.0. The van der Waals surface area contributed by atoms with E-state index in [1.807, 2.05) is 0 Å². The second kappa shape index (κ2) is 8.51. The smallest absolute Gasteiger partial charge is 0.316 e. The second-order valence-electron chi connectivity index (χ2n) is 4.40. The summed E-state index contributed by atoms with van der Waals surface area (Å²) < 4.78 is 30.8. The monoisotopic (exact) mass is 373 g/mol. The highest BCUT2D eigenvalue weighted by Crippen LogP contribution is 2.29. The molecular formula is C14H11Cl2F2N5O. The minimum atomic E-state index is -2.69. The maximum atomic E-state index is 12.8. The highest BCUT2D eigenvalue weighted by molar-refractivity contribution is 6.31. The van der Waals surface area contributed by atoms with Crippen LogP contribution in [-0.2, 0) is 0 Å². The van der Waals surface area contributed by atoms with E-state index in [1.54, 1.807) is 0 Å². The number of rotatable bonds is 7. The van der Waals surface area contributed by atoms with Gasteiger partial charge < -0.3 is 10.1 Å². The molecule has 0 unspecified atom stereocenters. The van der Waals surface area contributed by atoms with Crippen LogP contribution in [0.25, 0.3) is 0 Å². The van der Waals surface area contributed by atoms with Crippen LogP contribution in [0.3, 0.4) is 0 Å². The zero-order valence-electron chi connectivity index (χ0n) is 12.0. The summed E-state index contributed by atoms with van der Waals surface area (Å²) in [7, 11) is 0. The Balaban J connectivity index is 2.01. The summed E-state index contributed by atoms with van der Waals surface area (Å²) in [4.78, 5) is 7.66. The van der Waals surface area contributed by atoms with Crippen LogP contribution >= 0.6 is 23.2 Å². The molecule has 10 heteroatoms. The van der Waals surface area contributed by atoms with Crippen molar-refractivity contribution >= 4 is 28.9 Å². The predicted molar refractivity (Wildman–Crippen MR) is 85.8 cm³/mol. The van der Waals surface area contributed by atoms with Crippen molar-refractivity contribution < 1.29 is 13.5 Å². The number of hydrogen-bond acceptors (Lipinski definition) is 6. The van der Waals surface area contributed by atoms with Crippen molar-refractivity contribution in [2.75, 3.05) is 11.9 Å². The van der Waals surface area contributed by atoms with Crippen LogP contribution in [0.1, 0.15) is 12.0 Å². The molecule has 0 bridgehead atoms. The van der Waals surface area contributed by atoms with Crippen molar-refractivity contribution in [2.45, 2.75) is 6.43 Å². The predicted octanol–water partition coefficient (Wildman–Crippen LogP) is 5.08. The van der Waals surface area contributed by atoms with Crippen LogP contribution in [0.5, 0.6) is 6.01 Å². The first-order valence-corrected chi connectivity index (χ1v) is 7.26. The molecule has 1 aromatic heterocycles. The number of hydrogen-bond donors (Lipinski definition) is 2. The van der Waals surface area contributed by atoms with Crippen molar-refractivity contribution in [1.82, 2.24) is 9.97 Å². The standard InChI is InChI=1S/C14H11Cl2F2N5O/c15-8-4-21-14(22-5-8)24-7-10(23-19)6-20-9-1-2-12(16)11(3-9)13(17)18/h1-6,13,19-20H,7H2/b10-6-,23-19?. The highest BCUT2D eigenvalue weighted by atomic mass is 35.5. The number of benzene rings is 1. The van der Waals surface area contributed by atoms with Crippen LogP contribution < -0.4 is 10.1 Å². The lowest BCUT2D eigenvalue weighted by Crippen LogP contribution is -2.04. The molecule has 2 N–H and O–H groups in total. The van der Waals surface area contributed by atoms with E-state index >= 15 is 0 Å². The fraction of sp³-hybridized carbons (Fsp3) is 0.143. The van der Waals surface area contributed by atoms with Crippen molar-refractivity contribution in [2.24, 2.45) is 5.11 Å². The molecule has 1 aromatic carbocycles. The number of aromatic nitrogens is 2. The van der Waals surface area contributed by atoms with Gasteiger partial charge in [-0.1, -0.05) is 23.2 Å². The van der Waals surface area contributed by atoms with Crippen LogP contribution in [0.15, 0.2) is 47.6 Å². The number of anilines is 1. The Morgan fingerprint density at radius 3 is 2.67 bits per heavy atom. The molecule has 2 aromatic rings. The fourth-order valence-electron chi connectivity index (χ4n) is 1.59. The average Bonchev–Trinajstić information content (AvgIpc) is 2.57. The number of nitrogens with zero attached hydrogens (tertiary/aromatic N) is 3. The van der Waals surface area contributed by atoms with E-state index in [4.69, 9.17) is 33.5 Å². The van der Waals surface area contributed by atoms with Gasteiger partial charge in [0.05, 0.1) is 17.4 Å². The third-order valence-electron chi connectivity index (χ3n) is 2.73. The van der Waals surface area contributed by atoms with E-state index in [9.17, 15) is 8.78 Å². The van der Waals surface area contributed by atoms with Gasteiger partial charge in [0.2, 0.25) is 0 Å². The maximum Gasteiger partial charge on any atom is 0.316 e. The minimum absolute atomic E-state index is 0.0202. The minimum Gasteiger partial charge on any atom is -0.457 e. The summed E-state index contributed by atoms with van der Waals surface area (Å²) >= 11 is 11.3. The van der Waals surface area contributed by atoms with Crippen LogP contribution in [0, 0.1) is 5.53 Å². The largest absolute Gasteiger partial charge is 0.457 e. The molecule has 126 valence electrons.